The number of ether oxygens (including phenoxy) is 1. The van der Waals surface area contributed by atoms with Gasteiger partial charge in [0.15, 0.2) is 5.60 Å². The summed E-state index contributed by atoms with van der Waals surface area (Å²) in [6, 6.07) is 4.18. The number of methoxy groups -OCH3 is 1. The molecule has 0 aliphatic carbocycles. The van der Waals surface area contributed by atoms with Crippen LogP contribution in [0.15, 0.2) is 24.3 Å². The smallest absolute Gasteiger partial charge is 0.254 e. The lowest BCUT2D eigenvalue weighted by Gasteiger charge is -2.24. The Morgan fingerprint density at radius 1 is 1.47 bits per heavy atom. The van der Waals surface area contributed by atoms with Gasteiger partial charge in [0.1, 0.15) is 12.5 Å². The van der Waals surface area contributed by atoms with Gasteiger partial charge in [-0.25, -0.2) is 8.78 Å². The Morgan fingerprint density at radius 3 is 2.53 bits per heavy atom. The average molecular weight is 273 g/mol. The zero-order valence-electron chi connectivity index (χ0n) is 10.8. The molecule has 1 aromatic rings. The summed E-state index contributed by atoms with van der Waals surface area (Å²) >= 11 is 0. The number of carbonyl (C=O) groups excluding carboxylic acids is 1. The van der Waals surface area contributed by atoms with Crippen LogP contribution in [-0.2, 0) is 9.53 Å². The van der Waals surface area contributed by atoms with Gasteiger partial charge in [-0.2, -0.15) is 0 Å². The Labute approximate surface area is 110 Å². The molecule has 0 radical (unpaired) electrons. The molecule has 0 aromatic heterocycles. The first-order valence-corrected chi connectivity index (χ1v) is 5.74. The van der Waals surface area contributed by atoms with Crippen LogP contribution < -0.4 is 5.32 Å². The highest BCUT2D eigenvalue weighted by molar-refractivity contribution is 5.85. The lowest BCUT2D eigenvalue weighted by molar-refractivity contribution is -0.144. The lowest BCUT2D eigenvalue weighted by atomic mass is 10.0. The lowest BCUT2D eigenvalue weighted by Crippen LogP contribution is -2.49. The molecule has 1 aromatic carbocycles. The molecular formula is C13H17F2NO3. The average Bonchev–Trinajstić information content (AvgIpc) is 2.36. The number of amides is 1. The fourth-order valence-electron chi connectivity index (χ4n) is 1.57. The predicted molar refractivity (Wildman–Crippen MR) is 65.8 cm³/mol. The number of hydrogen-bond acceptors (Lipinski definition) is 3. The highest BCUT2D eigenvalue weighted by Crippen LogP contribution is 2.16. The minimum atomic E-state index is -1.75. The van der Waals surface area contributed by atoms with E-state index in [0.29, 0.717) is 5.56 Å². The van der Waals surface area contributed by atoms with Crippen molar-refractivity contribution in [1.29, 1.82) is 0 Å². The maximum atomic E-state index is 13.0. The standard InChI is InChI=1S/C13H17F2NO3/c1-13(18,8-19-2)12(17)16-11(7-14)9-3-5-10(15)6-4-9/h3-6,11,18H,7-8H2,1-2H3,(H,16,17)/t11-,13-/m0/s1. The topological polar surface area (TPSA) is 58.6 Å². The van der Waals surface area contributed by atoms with E-state index in [1.807, 2.05) is 0 Å². The van der Waals surface area contributed by atoms with E-state index in [1.165, 1.54) is 38.3 Å². The van der Waals surface area contributed by atoms with E-state index in [2.05, 4.69) is 5.32 Å². The van der Waals surface area contributed by atoms with E-state index in [1.54, 1.807) is 0 Å². The first-order valence-electron chi connectivity index (χ1n) is 5.74. The summed E-state index contributed by atoms with van der Waals surface area (Å²) in [5.41, 5.74) is -1.33. The molecular weight excluding hydrogens is 256 g/mol. The molecule has 4 nitrogen and oxygen atoms in total. The third-order valence-corrected chi connectivity index (χ3v) is 2.65. The minimum Gasteiger partial charge on any atom is -0.381 e. The molecule has 0 fully saturated rings. The Kier molecular flexibility index (Phi) is 5.38. The molecule has 106 valence electrons. The molecule has 1 amide bonds. The van der Waals surface area contributed by atoms with E-state index in [4.69, 9.17) is 4.74 Å². The van der Waals surface area contributed by atoms with Gasteiger partial charge in [0.2, 0.25) is 0 Å². The van der Waals surface area contributed by atoms with Gasteiger partial charge in [0.25, 0.3) is 5.91 Å². The highest BCUT2D eigenvalue weighted by Gasteiger charge is 2.32. The molecule has 0 saturated carbocycles. The summed E-state index contributed by atoms with van der Waals surface area (Å²) in [5.74, 6) is -1.19. The van der Waals surface area contributed by atoms with Gasteiger partial charge in [0, 0.05) is 7.11 Å². The predicted octanol–water partition coefficient (Wildman–Crippen LogP) is 1.35. The fourth-order valence-corrected chi connectivity index (χ4v) is 1.57. The second-order valence-electron chi connectivity index (χ2n) is 4.44. The van der Waals surface area contributed by atoms with Crippen molar-refractivity contribution in [3.63, 3.8) is 0 Å². The first kappa shape index (κ1) is 15.5. The zero-order valence-corrected chi connectivity index (χ0v) is 10.8. The molecule has 2 atom stereocenters. The van der Waals surface area contributed by atoms with Crippen LogP contribution in [0.3, 0.4) is 0 Å². The van der Waals surface area contributed by atoms with Crippen molar-refractivity contribution in [1.82, 2.24) is 5.32 Å². The number of carbonyl (C=O) groups is 1. The Hall–Kier alpha value is -1.53. The van der Waals surface area contributed by atoms with Crippen LogP contribution in [0.5, 0.6) is 0 Å². The van der Waals surface area contributed by atoms with Crippen molar-refractivity contribution >= 4 is 5.91 Å². The molecule has 0 spiro atoms. The van der Waals surface area contributed by atoms with Crippen molar-refractivity contribution in [3.05, 3.63) is 35.6 Å². The summed E-state index contributed by atoms with van der Waals surface area (Å²) < 4.78 is 30.4. The van der Waals surface area contributed by atoms with Crippen LogP contribution >= 0.6 is 0 Å². The monoisotopic (exact) mass is 273 g/mol. The molecule has 1 rings (SSSR count). The van der Waals surface area contributed by atoms with Crippen molar-refractivity contribution < 1.29 is 23.4 Å². The van der Waals surface area contributed by atoms with Crippen LogP contribution in [0.1, 0.15) is 18.5 Å². The summed E-state index contributed by atoms with van der Waals surface area (Å²) in [4.78, 5) is 11.8. The van der Waals surface area contributed by atoms with E-state index in [0.717, 1.165) is 0 Å². The van der Waals surface area contributed by atoms with Crippen LogP contribution in [0.2, 0.25) is 0 Å². The van der Waals surface area contributed by atoms with Crippen LogP contribution in [0.25, 0.3) is 0 Å². The second kappa shape index (κ2) is 6.58. The van der Waals surface area contributed by atoms with Crippen LogP contribution in [-0.4, -0.2) is 37.0 Å². The van der Waals surface area contributed by atoms with Crippen molar-refractivity contribution in [2.45, 2.75) is 18.6 Å². The number of nitrogens with one attached hydrogen (secondary N) is 1. The Balaban J connectivity index is 2.77. The summed E-state index contributed by atoms with van der Waals surface area (Å²) in [7, 11) is 1.34. The Bertz CT molecular complexity index is 420. The van der Waals surface area contributed by atoms with Crippen LogP contribution in [0, 0.1) is 5.82 Å². The van der Waals surface area contributed by atoms with E-state index < -0.39 is 30.0 Å². The van der Waals surface area contributed by atoms with Crippen molar-refractivity contribution in [3.8, 4) is 0 Å². The van der Waals surface area contributed by atoms with E-state index in [-0.39, 0.29) is 6.61 Å². The fraction of sp³-hybridized carbons (Fsp3) is 0.462. The molecule has 0 aliphatic rings. The largest absolute Gasteiger partial charge is 0.381 e. The van der Waals surface area contributed by atoms with Crippen LogP contribution in [0.4, 0.5) is 8.78 Å². The molecule has 0 unspecified atom stereocenters. The van der Waals surface area contributed by atoms with Gasteiger partial charge < -0.3 is 15.2 Å². The Morgan fingerprint density at radius 2 is 2.05 bits per heavy atom. The number of aliphatic hydroxyl groups is 1. The molecule has 0 heterocycles. The number of rotatable bonds is 6. The first-order chi connectivity index (χ1) is 8.90. The number of halogens is 2. The van der Waals surface area contributed by atoms with Gasteiger partial charge in [-0.05, 0) is 24.6 Å². The third kappa shape index (κ3) is 4.25. The van der Waals surface area contributed by atoms with Gasteiger partial charge in [-0.15, -0.1) is 0 Å². The molecule has 0 aliphatic heterocycles. The number of hydrogen-bond donors (Lipinski definition) is 2. The van der Waals surface area contributed by atoms with E-state index in [9.17, 15) is 18.7 Å². The van der Waals surface area contributed by atoms with Gasteiger partial charge in [-0.1, -0.05) is 12.1 Å². The molecule has 0 saturated heterocycles. The quantitative estimate of drug-likeness (QED) is 0.822. The highest BCUT2D eigenvalue weighted by atomic mass is 19.1. The number of alkyl halides is 1. The van der Waals surface area contributed by atoms with Gasteiger partial charge in [0.05, 0.1) is 12.6 Å². The molecule has 2 N–H and O–H groups in total. The summed E-state index contributed by atoms with van der Waals surface area (Å²) in [6.07, 6.45) is 0. The van der Waals surface area contributed by atoms with Crippen molar-refractivity contribution in [2.24, 2.45) is 0 Å². The van der Waals surface area contributed by atoms with Gasteiger partial charge >= 0.3 is 0 Å². The molecule has 6 heteroatoms. The van der Waals surface area contributed by atoms with E-state index >= 15 is 0 Å². The zero-order chi connectivity index (χ0) is 14.5. The summed E-state index contributed by atoms with van der Waals surface area (Å²) in [5, 5.41) is 12.2. The molecule has 0 bridgehead atoms. The maximum absolute atomic E-state index is 13.0. The minimum absolute atomic E-state index is 0.207. The normalized spacial score (nSPS) is 15.6. The summed E-state index contributed by atoms with van der Waals surface area (Å²) in [6.45, 7) is 0.202. The maximum Gasteiger partial charge on any atom is 0.254 e. The third-order valence-electron chi connectivity index (χ3n) is 2.65. The van der Waals surface area contributed by atoms with Gasteiger partial charge in [-0.3, -0.25) is 4.79 Å². The second-order valence-corrected chi connectivity index (χ2v) is 4.44. The number of benzene rings is 1. The molecule has 19 heavy (non-hydrogen) atoms. The van der Waals surface area contributed by atoms with Crippen molar-refractivity contribution in [2.75, 3.05) is 20.4 Å². The SMILES string of the molecule is COC[C@](C)(O)C(=O)N[C@@H](CF)c1ccc(F)cc1.